The van der Waals surface area contributed by atoms with Crippen LogP contribution in [0.15, 0.2) is 65.8 Å². The minimum absolute atomic E-state index is 0. The summed E-state index contributed by atoms with van der Waals surface area (Å²) < 4.78 is 7.68. The molecular weight excluding hydrogens is 451 g/mol. The molecule has 0 unspecified atom stereocenters. The molecule has 2 N–H and O–H groups in total. The number of guanidine groups is 1. The standard InChI is InChI=1S/C21H26N4O.HI/c1-22-21(24-16-18-9-4-6-11-20(18)26-2)23-13-7-14-25-15-12-17-8-3-5-10-19(17)25;/h3-6,8-12,15H,7,13-14,16H2,1-2H3,(H2,22,23,24);1H. The quantitative estimate of drug-likeness (QED) is 0.234. The highest BCUT2D eigenvalue weighted by Crippen LogP contribution is 2.17. The van der Waals surface area contributed by atoms with Crippen molar-refractivity contribution in [3.8, 4) is 5.75 Å². The van der Waals surface area contributed by atoms with Gasteiger partial charge in [-0.3, -0.25) is 4.99 Å². The largest absolute Gasteiger partial charge is 0.496 e. The van der Waals surface area contributed by atoms with Crippen LogP contribution in [0.2, 0.25) is 0 Å². The lowest BCUT2D eigenvalue weighted by Gasteiger charge is -2.14. The molecule has 0 aliphatic rings. The zero-order valence-electron chi connectivity index (χ0n) is 15.8. The Morgan fingerprint density at radius 1 is 1.04 bits per heavy atom. The number of benzene rings is 2. The van der Waals surface area contributed by atoms with Crippen molar-refractivity contribution in [2.24, 2.45) is 4.99 Å². The molecule has 144 valence electrons. The molecule has 0 spiro atoms. The minimum atomic E-state index is 0. The van der Waals surface area contributed by atoms with Gasteiger partial charge < -0.3 is 19.9 Å². The number of aromatic nitrogens is 1. The molecule has 0 atom stereocenters. The van der Waals surface area contributed by atoms with E-state index in [9.17, 15) is 0 Å². The smallest absolute Gasteiger partial charge is 0.191 e. The summed E-state index contributed by atoms with van der Waals surface area (Å²) in [5, 5.41) is 7.99. The molecule has 0 fully saturated rings. The average Bonchev–Trinajstić information content (AvgIpc) is 3.11. The Bertz CT molecular complexity index is 875. The first-order chi connectivity index (χ1) is 12.8. The average molecular weight is 478 g/mol. The van der Waals surface area contributed by atoms with Crippen LogP contribution in [0.3, 0.4) is 0 Å². The molecule has 0 bridgehead atoms. The Morgan fingerprint density at radius 3 is 2.63 bits per heavy atom. The Hall–Kier alpha value is -2.22. The van der Waals surface area contributed by atoms with Crippen molar-refractivity contribution in [1.82, 2.24) is 15.2 Å². The van der Waals surface area contributed by atoms with Crippen molar-refractivity contribution in [1.29, 1.82) is 0 Å². The first kappa shape index (κ1) is 21.1. The second-order valence-electron chi connectivity index (χ2n) is 6.09. The summed E-state index contributed by atoms with van der Waals surface area (Å²) in [6.07, 6.45) is 3.17. The fourth-order valence-electron chi connectivity index (χ4n) is 3.04. The van der Waals surface area contributed by atoms with Crippen LogP contribution in [0.4, 0.5) is 0 Å². The highest BCUT2D eigenvalue weighted by molar-refractivity contribution is 14.0. The van der Waals surface area contributed by atoms with Crippen LogP contribution in [-0.4, -0.2) is 31.2 Å². The molecule has 27 heavy (non-hydrogen) atoms. The van der Waals surface area contributed by atoms with Crippen molar-refractivity contribution in [3.63, 3.8) is 0 Å². The number of aryl methyl sites for hydroxylation is 1. The molecule has 3 aromatic rings. The monoisotopic (exact) mass is 478 g/mol. The summed E-state index contributed by atoms with van der Waals surface area (Å²) in [6.45, 7) is 2.51. The summed E-state index contributed by atoms with van der Waals surface area (Å²) in [7, 11) is 3.48. The Labute approximate surface area is 177 Å². The van der Waals surface area contributed by atoms with Gasteiger partial charge in [-0.15, -0.1) is 24.0 Å². The van der Waals surface area contributed by atoms with Crippen LogP contribution >= 0.6 is 24.0 Å². The normalized spacial score (nSPS) is 11.1. The number of hydrogen-bond acceptors (Lipinski definition) is 2. The van der Waals surface area contributed by atoms with Gasteiger partial charge in [-0.2, -0.15) is 0 Å². The van der Waals surface area contributed by atoms with Crippen LogP contribution in [0.1, 0.15) is 12.0 Å². The van der Waals surface area contributed by atoms with E-state index in [4.69, 9.17) is 4.74 Å². The first-order valence-electron chi connectivity index (χ1n) is 8.92. The molecule has 6 heteroatoms. The highest BCUT2D eigenvalue weighted by Gasteiger charge is 2.04. The van der Waals surface area contributed by atoms with Crippen molar-refractivity contribution in [3.05, 3.63) is 66.4 Å². The summed E-state index contributed by atoms with van der Waals surface area (Å²) in [4.78, 5) is 4.29. The molecule has 1 heterocycles. The van der Waals surface area contributed by atoms with Gasteiger partial charge in [0.05, 0.1) is 7.11 Å². The summed E-state index contributed by atoms with van der Waals surface area (Å²) in [5.74, 6) is 1.68. The molecule has 3 rings (SSSR count). The van der Waals surface area contributed by atoms with E-state index in [1.807, 2.05) is 18.2 Å². The molecular formula is C21H27IN4O. The molecule has 5 nitrogen and oxygen atoms in total. The maximum Gasteiger partial charge on any atom is 0.191 e. The Kier molecular flexibility index (Phi) is 8.44. The lowest BCUT2D eigenvalue weighted by molar-refractivity contribution is 0.409. The van der Waals surface area contributed by atoms with Crippen molar-refractivity contribution >= 4 is 40.8 Å². The van der Waals surface area contributed by atoms with E-state index in [0.29, 0.717) is 6.54 Å². The summed E-state index contributed by atoms with van der Waals surface area (Å²) >= 11 is 0. The van der Waals surface area contributed by atoms with E-state index in [1.165, 1.54) is 10.9 Å². The SMILES string of the molecule is CN=C(NCCCn1ccc2ccccc21)NCc1ccccc1OC.I. The minimum Gasteiger partial charge on any atom is -0.496 e. The first-order valence-corrected chi connectivity index (χ1v) is 8.92. The van der Waals surface area contributed by atoms with Gasteiger partial charge in [0, 0.05) is 44.0 Å². The van der Waals surface area contributed by atoms with Gasteiger partial charge in [0.1, 0.15) is 5.75 Å². The lowest BCUT2D eigenvalue weighted by atomic mass is 10.2. The second kappa shape index (κ2) is 10.8. The van der Waals surface area contributed by atoms with E-state index in [0.717, 1.165) is 36.8 Å². The van der Waals surface area contributed by atoms with Gasteiger partial charge in [0.25, 0.3) is 0 Å². The molecule has 0 amide bonds. The Balaban J connectivity index is 0.00000261. The van der Waals surface area contributed by atoms with Gasteiger partial charge in [0.15, 0.2) is 5.96 Å². The number of para-hydroxylation sites is 2. The van der Waals surface area contributed by atoms with Crippen LogP contribution in [0, 0.1) is 0 Å². The molecule has 0 aliphatic carbocycles. The molecule has 1 aromatic heterocycles. The number of nitrogens with zero attached hydrogens (tertiary/aromatic N) is 2. The third-order valence-corrected chi connectivity index (χ3v) is 4.41. The van der Waals surface area contributed by atoms with E-state index in [-0.39, 0.29) is 24.0 Å². The van der Waals surface area contributed by atoms with Crippen molar-refractivity contribution in [2.75, 3.05) is 20.7 Å². The van der Waals surface area contributed by atoms with Crippen molar-refractivity contribution in [2.45, 2.75) is 19.5 Å². The number of rotatable bonds is 7. The number of nitrogens with one attached hydrogen (secondary N) is 2. The van der Waals surface area contributed by atoms with Crippen LogP contribution in [-0.2, 0) is 13.1 Å². The zero-order chi connectivity index (χ0) is 18.2. The van der Waals surface area contributed by atoms with Gasteiger partial charge in [-0.1, -0.05) is 36.4 Å². The highest BCUT2D eigenvalue weighted by atomic mass is 127. The van der Waals surface area contributed by atoms with Crippen LogP contribution < -0.4 is 15.4 Å². The van der Waals surface area contributed by atoms with E-state index >= 15 is 0 Å². The number of fused-ring (bicyclic) bond motifs is 1. The lowest BCUT2D eigenvalue weighted by Crippen LogP contribution is -2.37. The van der Waals surface area contributed by atoms with Gasteiger partial charge in [0.2, 0.25) is 0 Å². The molecule has 0 saturated carbocycles. The number of halogens is 1. The number of hydrogen-bond donors (Lipinski definition) is 2. The number of aliphatic imine (C=N–C) groups is 1. The van der Waals surface area contributed by atoms with Crippen molar-refractivity contribution < 1.29 is 4.74 Å². The fraction of sp³-hybridized carbons (Fsp3) is 0.286. The van der Waals surface area contributed by atoms with Gasteiger partial charge in [-0.05, 0) is 30.0 Å². The third-order valence-electron chi connectivity index (χ3n) is 4.41. The fourth-order valence-corrected chi connectivity index (χ4v) is 3.04. The number of ether oxygens (including phenoxy) is 1. The topological polar surface area (TPSA) is 50.6 Å². The predicted octanol–water partition coefficient (Wildman–Crippen LogP) is 4.02. The van der Waals surface area contributed by atoms with Gasteiger partial charge in [-0.25, -0.2) is 0 Å². The predicted molar refractivity (Wildman–Crippen MR) is 123 cm³/mol. The van der Waals surface area contributed by atoms with Gasteiger partial charge >= 0.3 is 0 Å². The zero-order valence-corrected chi connectivity index (χ0v) is 18.1. The second-order valence-corrected chi connectivity index (χ2v) is 6.09. The maximum absolute atomic E-state index is 5.38. The van der Waals surface area contributed by atoms with E-state index in [2.05, 4.69) is 62.8 Å². The van der Waals surface area contributed by atoms with E-state index in [1.54, 1.807) is 14.2 Å². The molecule has 0 aliphatic heterocycles. The Morgan fingerprint density at radius 2 is 1.81 bits per heavy atom. The summed E-state index contributed by atoms with van der Waals surface area (Å²) in [5.41, 5.74) is 2.39. The maximum atomic E-state index is 5.38. The molecule has 0 radical (unpaired) electrons. The van der Waals surface area contributed by atoms with E-state index < -0.39 is 0 Å². The number of methoxy groups -OCH3 is 1. The molecule has 2 aromatic carbocycles. The van der Waals surface area contributed by atoms with Crippen LogP contribution in [0.25, 0.3) is 10.9 Å². The van der Waals surface area contributed by atoms with Crippen LogP contribution in [0.5, 0.6) is 5.75 Å². The summed E-state index contributed by atoms with van der Waals surface area (Å²) in [6, 6.07) is 18.6. The molecule has 0 saturated heterocycles. The third kappa shape index (κ3) is 5.63.